The summed E-state index contributed by atoms with van der Waals surface area (Å²) in [6.07, 6.45) is 0. The highest BCUT2D eigenvalue weighted by Crippen LogP contribution is 2.62. The lowest BCUT2D eigenvalue weighted by atomic mass is 9.72. The second-order valence-electron chi connectivity index (χ2n) is 13.8. The fraction of sp³-hybridized carbons (Fsp3) is 0.214. The molecule has 0 fully saturated rings. The van der Waals surface area contributed by atoms with Crippen LogP contribution < -0.4 is 4.90 Å². The first kappa shape index (κ1) is 30.0. The first-order valence-electron chi connectivity index (χ1n) is 15.7. The van der Waals surface area contributed by atoms with Crippen molar-refractivity contribution in [3.63, 3.8) is 0 Å². The van der Waals surface area contributed by atoms with E-state index in [0.717, 1.165) is 44.8 Å². The van der Waals surface area contributed by atoms with E-state index in [2.05, 4.69) is 95.2 Å². The Labute approximate surface area is 276 Å². The van der Waals surface area contributed by atoms with Gasteiger partial charge in [-0.25, -0.2) is 9.69 Å². The highest BCUT2D eigenvalue weighted by atomic mass is 16.5. The van der Waals surface area contributed by atoms with E-state index in [4.69, 9.17) is 17.9 Å². The molecule has 0 N–H and O–H groups in total. The van der Waals surface area contributed by atoms with Crippen LogP contribution in [0.5, 0.6) is 0 Å². The van der Waals surface area contributed by atoms with Crippen molar-refractivity contribution in [2.75, 3.05) is 4.90 Å². The maximum atomic E-state index is 11.0. The van der Waals surface area contributed by atoms with Crippen LogP contribution in [-0.4, -0.2) is 0 Å². The molecule has 0 aromatic heterocycles. The van der Waals surface area contributed by atoms with E-state index in [9.17, 15) is 5.26 Å². The van der Waals surface area contributed by atoms with E-state index in [1.54, 1.807) is 0 Å². The largest absolute Gasteiger partial charge is 0.362 e. The fourth-order valence-corrected chi connectivity index (χ4v) is 7.78. The zero-order chi connectivity index (χ0) is 33.3. The van der Waals surface area contributed by atoms with E-state index >= 15 is 0 Å². The number of nitrogens with zero attached hydrogens (tertiary/aromatic N) is 4. The summed E-state index contributed by atoms with van der Waals surface area (Å²) in [5.74, 6) is 0. The molecule has 0 aliphatic carbocycles. The number of ether oxygens (including phenoxy) is 1. The van der Waals surface area contributed by atoms with Gasteiger partial charge in [0.1, 0.15) is 6.07 Å². The smallest absolute Gasteiger partial charge is 0.219 e. The van der Waals surface area contributed by atoms with Crippen molar-refractivity contribution in [1.29, 1.82) is 5.26 Å². The number of rotatable bonds is 3. The van der Waals surface area contributed by atoms with Crippen molar-refractivity contribution in [3.8, 4) is 28.3 Å². The van der Waals surface area contributed by atoms with Crippen molar-refractivity contribution in [2.45, 2.75) is 58.2 Å². The van der Waals surface area contributed by atoms with Crippen LogP contribution in [-0.2, 0) is 21.4 Å². The topological polar surface area (TPSA) is 45.0 Å². The van der Waals surface area contributed by atoms with Crippen molar-refractivity contribution >= 4 is 28.4 Å². The standard InChI is InChI=1S/C42H34N4O/c1-40(2)31-23-28(26-15-11-9-12-16-26)19-21-33(31)46(34-22-20-29(24-32(34)40)27-17-13-10-14-18-27)39-30(25-43)35-36(37(44-7)38(39)45-8)42(5,6)47-41(35,3)4/h9-24H,1-6H3. The lowest BCUT2D eigenvalue weighted by Crippen LogP contribution is -2.31. The van der Waals surface area contributed by atoms with Gasteiger partial charge in [0, 0.05) is 16.8 Å². The second kappa shape index (κ2) is 10.4. The molecular formula is C42H34N4O. The Morgan fingerprint density at radius 1 is 0.617 bits per heavy atom. The van der Waals surface area contributed by atoms with Crippen LogP contribution in [0.2, 0.25) is 0 Å². The van der Waals surface area contributed by atoms with Crippen LogP contribution in [0.4, 0.5) is 28.4 Å². The Kier molecular flexibility index (Phi) is 6.66. The highest BCUT2D eigenvalue weighted by molar-refractivity contribution is 6.01. The Morgan fingerprint density at radius 3 is 1.53 bits per heavy atom. The number of anilines is 3. The van der Waals surface area contributed by atoms with Crippen molar-refractivity contribution in [3.05, 3.63) is 148 Å². The minimum absolute atomic E-state index is 0.167. The summed E-state index contributed by atoms with van der Waals surface area (Å²) in [6.45, 7) is 29.0. The minimum atomic E-state index is -0.853. The van der Waals surface area contributed by atoms with Gasteiger partial charge in [-0.1, -0.05) is 86.6 Å². The Balaban J connectivity index is 1.61. The maximum Gasteiger partial charge on any atom is 0.219 e. The lowest BCUT2D eigenvalue weighted by molar-refractivity contribution is -0.105. The summed E-state index contributed by atoms with van der Waals surface area (Å²) < 4.78 is 6.52. The molecule has 0 amide bonds. The molecule has 228 valence electrons. The molecule has 2 heterocycles. The number of fused-ring (bicyclic) bond motifs is 3. The summed E-state index contributed by atoms with van der Waals surface area (Å²) in [7, 11) is 0. The number of hydrogen-bond acceptors (Lipinski definition) is 3. The number of hydrogen-bond donors (Lipinski definition) is 0. The third-order valence-electron chi connectivity index (χ3n) is 9.73. The van der Waals surface area contributed by atoms with E-state index in [-0.39, 0.29) is 11.4 Å². The van der Waals surface area contributed by atoms with Gasteiger partial charge < -0.3 is 9.64 Å². The molecule has 47 heavy (non-hydrogen) atoms. The van der Waals surface area contributed by atoms with Crippen LogP contribution in [0.25, 0.3) is 31.9 Å². The molecule has 0 radical (unpaired) electrons. The molecule has 0 saturated heterocycles. The van der Waals surface area contributed by atoms with Crippen LogP contribution in [0.15, 0.2) is 97.1 Å². The van der Waals surface area contributed by atoms with Gasteiger partial charge in [0.25, 0.3) is 0 Å². The molecular weight excluding hydrogens is 576 g/mol. The number of nitriles is 1. The zero-order valence-corrected chi connectivity index (χ0v) is 27.4. The van der Waals surface area contributed by atoms with Gasteiger partial charge in [-0.15, -0.1) is 0 Å². The van der Waals surface area contributed by atoms with Gasteiger partial charge in [0.2, 0.25) is 11.4 Å². The molecule has 5 aromatic carbocycles. The molecule has 5 heteroatoms. The van der Waals surface area contributed by atoms with Gasteiger partial charge in [-0.05, 0) is 96.5 Å². The molecule has 0 unspecified atom stereocenters. The van der Waals surface area contributed by atoms with Crippen molar-refractivity contribution in [1.82, 2.24) is 0 Å². The van der Waals surface area contributed by atoms with E-state index < -0.39 is 16.6 Å². The summed E-state index contributed by atoms with van der Waals surface area (Å²) in [4.78, 5) is 10.0. The van der Waals surface area contributed by atoms with Gasteiger partial charge in [-0.3, -0.25) is 0 Å². The quantitative estimate of drug-likeness (QED) is 0.191. The third kappa shape index (κ3) is 4.38. The predicted octanol–water partition coefficient (Wildman–Crippen LogP) is 11.6. The monoisotopic (exact) mass is 610 g/mol. The predicted molar refractivity (Wildman–Crippen MR) is 189 cm³/mol. The molecule has 5 nitrogen and oxygen atoms in total. The molecule has 7 rings (SSSR count). The van der Waals surface area contributed by atoms with Gasteiger partial charge >= 0.3 is 0 Å². The SMILES string of the molecule is [C-]#[N+]c1c([N+]#[C-])c2c(c(C#N)c1N1c3ccc(-c4ccccc4)cc3C(C)(C)c3cc(-c4ccccc4)ccc31)C(C)(C)OC2(C)C. The molecule has 2 aliphatic rings. The maximum absolute atomic E-state index is 11.0. The fourth-order valence-electron chi connectivity index (χ4n) is 7.78. The lowest BCUT2D eigenvalue weighted by Gasteiger charge is -2.43. The summed E-state index contributed by atoms with van der Waals surface area (Å²) >= 11 is 0. The highest BCUT2D eigenvalue weighted by Gasteiger charge is 2.49. The Hall–Kier alpha value is -5.67. The van der Waals surface area contributed by atoms with Crippen molar-refractivity contribution in [2.24, 2.45) is 0 Å². The molecule has 0 spiro atoms. The van der Waals surface area contributed by atoms with Crippen LogP contribution in [0, 0.1) is 24.5 Å². The normalized spacial score (nSPS) is 16.2. The molecule has 0 saturated carbocycles. The van der Waals surface area contributed by atoms with Crippen molar-refractivity contribution < 1.29 is 4.74 Å². The van der Waals surface area contributed by atoms with Gasteiger partial charge in [-0.2, -0.15) is 5.26 Å². The summed E-state index contributed by atoms with van der Waals surface area (Å²) in [5, 5.41) is 11.0. The Bertz CT molecular complexity index is 2130. The average molecular weight is 611 g/mol. The van der Waals surface area contributed by atoms with Gasteiger partial charge in [0.15, 0.2) is 0 Å². The van der Waals surface area contributed by atoms with Gasteiger partial charge in [0.05, 0.1) is 35.6 Å². The van der Waals surface area contributed by atoms with E-state index in [0.29, 0.717) is 22.4 Å². The zero-order valence-electron chi connectivity index (χ0n) is 27.4. The summed E-state index contributed by atoms with van der Waals surface area (Å²) in [6, 6.07) is 36.0. The average Bonchev–Trinajstić information content (AvgIpc) is 3.27. The molecule has 5 aromatic rings. The first-order valence-corrected chi connectivity index (χ1v) is 15.7. The number of benzene rings is 5. The summed E-state index contributed by atoms with van der Waals surface area (Å²) in [5.41, 5.74) is 8.63. The van der Waals surface area contributed by atoms with E-state index in [1.165, 1.54) is 0 Å². The Morgan fingerprint density at radius 2 is 1.09 bits per heavy atom. The van der Waals surface area contributed by atoms with Crippen LogP contribution in [0.1, 0.15) is 69.4 Å². The van der Waals surface area contributed by atoms with Crippen LogP contribution in [0.3, 0.4) is 0 Å². The second-order valence-corrected chi connectivity index (χ2v) is 13.8. The van der Waals surface area contributed by atoms with E-state index in [1.807, 2.05) is 64.1 Å². The first-order chi connectivity index (χ1) is 22.4. The third-order valence-corrected chi connectivity index (χ3v) is 9.73. The molecule has 0 atom stereocenters. The molecule has 0 bridgehead atoms. The molecule has 2 aliphatic heterocycles. The van der Waals surface area contributed by atoms with Crippen LogP contribution >= 0.6 is 0 Å². The minimum Gasteiger partial charge on any atom is -0.362 e.